The van der Waals surface area contributed by atoms with E-state index in [0.29, 0.717) is 6.42 Å². The molecule has 4 aromatic carbocycles. The molecule has 0 aliphatic heterocycles. The fourth-order valence-corrected chi connectivity index (χ4v) is 5.32. The minimum Gasteiger partial charge on any atom is -0.480 e. The molecule has 0 amide bonds. The lowest BCUT2D eigenvalue weighted by Gasteiger charge is -2.39. The van der Waals surface area contributed by atoms with Crippen molar-refractivity contribution >= 4 is 32.8 Å². The molecule has 0 bridgehead atoms. The zero-order valence-corrected chi connectivity index (χ0v) is 21.1. The zero-order valence-electron chi connectivity index (χ0n) is 19.5. The maximum Gasteiger partial charge on any atom is 0.321 e. The summed E-state index contributed by atoms with van der Waals surface area (Å²) in [4.78, 5) is 17.3. The molecular weight excluding hydrogens is 512 g/mol. The smallest absolute Gasteiger partial charge is 0.321 e. The molecule has 5 heteroatoms. The molecule has 5 rings (SSSR count). The molecular formula is C31H25BrN2O2. The van der Waals surface area contributed by atoms with Gasteiger partial charge >= 0.3 is 5.97 Å². The Morgan fingerprint density at radius 2 is 1.31 bits per heavy atom. The molecule has 36 heavy (non-hydrogen) atoms. The number of nitrogens with zero attached hydrogens (tertiary/aromatic N) is 1. The van der Waals surface area contributed by atoms with Gasteiger partial charge in [0.2, 0.25) is 0 Å². The summed E-state index contributed by atoms with van der Waals surface area (Å²) in [7, 11) is 0. The van der Waals surface area contributed by atoms with Crippen LogP contribution in [0.2, 0.25) is 0 Å². The fraction of sp³-hybridized carbons (Fsp3) is 0.0968. The number of hydrogen-bond acceptors (Lipinski definition) is 3. The predicted molar refractivity (Wildman–Crippen MR) is 147 cm³/mol. The van der Waals surface area contributed by atoms with Gasteiger partial charge in [-0.2, -0.15) is 0 Å². The maximum atomic E-state index is 12.8. The first-order valence-electron chi connectivity index (χ1n) is 11.8. The number of rotatable bonds is 8. The van der Waals surface area contributed by atoms with Gasteiger partial charge in [0.25, 0.3) is 0 Å². The molecule has 0 aliphatic rings. The van der Waals surface area contributed by atoms with Gasteiger partial charge in [-0.1, -0.05) is 103 Å². The third-order valence-electron chi connectivity index (χ3n) is 6.54. The van der Waals surface area contributed by atoms with E-state index in [1.165, 1.54) is 0 Å². The molecule has 1 atom stereocenters. The van der Waals surface area contributed by atoms with Crippen molar-refractivity contribution in [3.8, 4) is 0 Å². The van der Waals surface area contributed by atoms with Crippen LogP contribution in [-0.4, -0.2) is 22.1 Å². The first kappa shape index (κ1) is 23.9. The van der Waals surface area contributed by atoms with Crippen LogP contribution in [0.1, 0.15) is 22.3 Å². The molecule has 0 radical (unpaired) electrons. The SMILES string of the molecule is O=C(O)[C@H](Cc1ccc(Br)c2ncccc12)NC(c1ccccc1)(c1ccccc1)c1ccccc1. The van der Waals surface area contributed by atoms with E-state index in [1.807, 2.05) is 115 Å². The summed E-state index contributed by atoms with van der Waals surface area (Å²) in [6.07, 6.45) is 2.04. The van der Waals surface area contributed by atoms with Gasteiger partial charge in [-0.05, 0) is 56.7 Å². The topological polar surface area (TPSA) is 62.2 Å². The Kier molecular flexibility index (Phi) is 6.94. The van der Waals surface area contributed by atoms with Crippen molar-refractivity contribution in [3.63, 3.8) is 0 Å². The second-order valence-electron chi connectivity index (χ2n) is 8.69. The van der Waals surface area contributed by atoms with Gasteiger partial charge in [-0.3, -0.25) is 15.1 Å². The van der Waals surface area contributed by atoms with Crippen molar-refractivity contribution in [2.75, 3.05) is 0 Å². The highest BCUT2D eigenvalue weighted by atomic mass is 79.9. The third-order valence-corrected chi connectivity index (χ3v) is 7.18. The Morgan fingerprint density at radius 3 is 1.81 bits per heavy atom. The van der Waals surface area contributed by atoms with Gasteiger partial charge in [0, 0.05) is 16.1 Å². The highest BCUT2D eigenvalue weighted by molar-refractivity contribution is 9.10. The molecule has 2 N–H and O–H groups in total. The number of carboxylic acid groups (broad SMARTS) is 1. The summed E-state index contributed by atoms with van der Waals surface area (Å²) >= 11 is 3.57. The Hall–Kier alpha value is -3.80. The molecule has 178 valence electrons. The monoisotopic (exact) mass is 536 g/mol. The van der Waals surface area contributed by atoms with Crippen LogP contribution in [0.15, 0.2) is 126 Å². The average Bonchev–Trinajstić information content (AvgIpc) is 2.94. The predicted octanol–water partition coefficient (Wildman–Crippen LogP) is 6.57. The molecule has 0 saturated heterocycles. The molecule has 1 aromatic heterocycles. The Morgan fingerprint density at radius 1 is 0.778 bits per heavy atom. The van der Waals surface area contributed by atoms with Crippen molar-refractivity contribution < 1.29 is 9.90 Å². The minimum atomic E-state index is -0.915. The summed E-state index contributed by atoms with van der Waals surface area (Å²) in [5, 5.41) is 15.0. The van der Waals surface area contributed by atoms with Crippen molar-refractivity contribution in [1.82, 2.24) is 10.3 Å². The van der Waals surface area contributed by atoms with Crippen LogP contribution in [0.25, 0.3) is 10.9 Å². The number of carbonyl (C=O) groups is 1. The standard InChI is InChI=1S/C31H25BrN2O2/c32-27-19-18-22(26-17-10-20-33-29(26)27)21-28(30(35)36)34-31(23-11-4-1-5-12-23,24-13-6-2-7-14-24)25-15-8-3-9-16-25/h1-20,28,34H,21H2,(H,35,36)/t28-/m0/s1. The van der Waals surface area contributed by atoms with E-state index >= 15 is 0 Å². The normalized spacial score (nSPS) is 12.4. The number of aliphatic carboxylic acids is 1. The largest absolute Gasteiger partial charge is 0.480 e. The number of halogens is 1. The van der Waals surface area contributed by atoms with E-state index in [9.17, 15) is 9.90 Å². The molecule has 0 saturated carbocycles. The summed E-state index contributed by atoms with van der Waals surface area (Å²) in [5.41, 5.74) is 3.77. The maximum absolute atomic E-state index is 12.8. The second kappa shape index (κ2) is 10.4. The first-order valence-corrected chi connectivity index (χ1v) is 12.6. The quantitative estimate of drug-likeness (QED) is 0.220. The van der Waals surface area contributed by atoms with Crippen LogP contribution in [0, 0.1) is 0 Å². The lowest BCUT2D eigenvalue weighted by Crippen LogP contribution is -2.53. The molecule has 4 nitrogen and oxygen atoms in total. The molecule has 0 unspecified atom stereocenters. The summed E-state index contributed by atoms with van der Waals surface area (Å²) in [6.45, 7) is 0. The molecule has 0 fully saturated rings. The summed E-state index contributed by atoms with van der Waals surface area (Å²) < 4.78 is 0.883. The Labute approximate surface area is 218 Å². The molecule has 0 spiro atoms. The third kappa shape index (κ3) is 4.55. The Bertz CT molecular complexity index is 1380. The number of carboxylic acids is 1. The van der Waals surface area contributed by atoms with Crippen molar-refractivity contribution in [1.29, 1.82) is 0 Å². The number of pyridine rings is 1. The van der Waals surface area contributed by atoms with Gasteiger partial charge in [0.15, 0.2) is 0 Å². The number of hydrogen-bond donors (Lipinski definition) is 2. The lowest BCUT2D eigenvalue weighted by atomic mass is 9.76. The van der Waals surface area contributed by atoms with E-state index in [0.717, 1.165) is 37.6 Å². The first-order chi connectivity index (χ1) is 17.6. The molecule has 1 heterocycles. The summed E-state index contributed by atoms with van der Waals surface area (Å²) in [6, 6.07) is 37.0. The summed E-state index contributed by atoms with van der Waals surface area (Å²) in [5.74, 6) is -0.915. The lowest BCUT2D eigenvalue weighted by molar-refractivity contribution is -0.139. The van der Waals surface area contributed by atoms with Crippen molar-refractivity contribution in [2.45, 2.75) is 18.0 Å². The number of aromatic nitrogens is 1. The van der Waals surface area contributed by atoms with Gasteiger partial charge < -0.3 is 5.11 Å². The van der Waals surface area contributed by atoms with E-state index in [4.69, 9.17) is 0 Å². The highest BCUT2D eigenvalue weighted by Crippen LogP contribution is 2.38. The fourth-order valence-electron chi connectivity index (χ4n) is 4.87. The Balaban J connectivity index is 1.68. The van der Waals surface area contributed by atoms with E-state index in [2.05, 4.69) is 26.2 Å². The van der Waals surface area contributed by atoms with Gasteiger partial charge in [-0.25, -0.2) is 0 Å². The average molecular weight is 537 g/mol. The number of fused-ring (bicyclic) bond motifs is 1. The van der Waals surface area contributed by atoms with Crippen LogP contribution >= 0.6 is 15.9 Å². The van der Waals surface area contributed by atoms with Crippen LogP contribution in [-0.2, 0) is 16.8 Å². The van der Waals surface area contributed by atoms with Crippen LogP contribution in [0.5, 0.6) is 0 Å². The van der Waals surface area contributed by atoms with Crippen LogP contribution in [0.3, 0.4) is 0 Å². The van der Waals surface area contributed by atoms with Crippen molar-refractivity contribution in [3.05, 3.63) is 148 Å². The zero-order chi connectivity index (χ0) is 25.0. The number of benzene rings is 4. The van der Waals surface area contributed by atoms with Crippen LogP contribution in [0.4, 0.5) is 0 Å². The van der Waals surface area contributed by atoms with Gasteiger partial charge in [-0.15, -0.1) is 0 Å². The van der Waals surface area contributed by atoms with Crippen molar-refractivity contribution in [2.24, 2.45) is 0 Å². The van der Waals surface area contributed by atoms with Crippen LogP contribution < -0.4 is 5.32 Å². The van der Waals surface area contributed by atoms with Gasteiger partial charge in [0.1, 0.15) is 6.04 Å². The highest BCUT2D eigenvalue weighted by Gasteiger charge is 2.40. The second-order valence-corrected chi connectivity index (χ2v) is 9.55. The molecule has 0 aliphatic carbocycles. The van der Waals surface area contributed by atoms with E-state index in [-0.39, 0.29) is 0 Å². The molecule has 5 aromatic rings. The number of nitrogens with one attached hydrogen (secondary N) is 1. The van der Waals surface area contributed by atoms with E-state index < -0.39 is 17.6 Å². The van der Waals surface area contributed by atoms with Gasteiger partial charge in [0.05, 0.1) is 11.1 Å². The van der Waals surface area contributed by atoms with E-state index in [1.54, 1.807) is 6.20 Å². The minimum absolute atomic E-state index is 0.291.